The van der Waals surface area contributed by atoms with Crippen molar-refractivity contribution in [3.63, 3.8) is 0 Å². The van der Waals surface area contributed by atoms with Gasteiger partial charge in [0.25, 0.3) is 0 Å². The highest BCUT2D eigenvalue weighted by Gasteiger charge is 2.32. The second-order valence-electron chi connectivity index (χ2n) is 7.37. The molecule has 2 rings (SSSR count). The van der Waals surface area contributed by atoms with Gasteiger partial charge >= 0.3 is 12.0 Å². The summed E-state index contributed by atoms with van der Waals surface area (Å²) in [5.74, 6) is -0.930. The van der Waals surface area contributed by atoms with Gasteiger partial charge in [-0.25, -0.2) is 4.79 Å². The molecule has 0 aromatic carbocycles. The normalized spacial score (nSPS) is 25.5. The number of hydrogen-bond acceptors (Lipinski definition) is 2. The van der Waals surface area contributed by atoms with Gasteiger partial charge in [-0.05, 0) is 37.5 Å². The summed E-state index contributed by atoms with van der Waals surface area (Å²) in [6.45, 7) is 4.28. The van der Waals surface area contributed by atoms with Gasteiger partial charge in [-0.15, -0.1) is 0 Å². The molecular formula is C16H28N2O3. The molecule has 0 aromatic rings. The molecule has 0 radical (unpaired) electrons. The van der Waals surface area contributed by atoms with Crippen LogP contribution in [-0.4, -0.2) is 40.6 Å². The predicted molar refractivity (Wildman–Crippen MR) is 81.2 cm³/mol. The van der Waals surface area contributed by atoms with E-state index in [2.05, 4.69) is 19.2 Å². The summed E-state index contributed by atoms with van der Waals surface area (Å²) >= 11 is 0. The summed E-state index contributed by atoms with van der Waals surface area (Å²) < 4.78 is 0. The summed E-state index contributed by atoms with van der Waals surface area (Å²) in [7, 11) is 0. The van der Waals surface area contributed by atoms with Crippen molar-refractivity contribution in [3.05, 3.63) is 0 Å². The van der Waals surface area contributed by atoms with E-state index in [1.807, 2.05) is 0 Å². The fourth-order valence-corrected chi connectivity index (χ4v) is 3.81. The van der Waals surface area contributed by atoms with Crippen molar-refractivity contribution in [1.82, 2.24) is 10.2 Å². The lowest BCUT2D eigenvalue weighted by molar-refractivity contribution is -0.138. The molecule has 5 heteroatoms. The number of rotatable bonds is 4. The fourth-order valence-electron chi connectivity index (χ4n) is 3.81. The number of amides is 2. The minimum Gasteiger partial charge on any atom is -0.480 e. The molecule has 2 aliphatic rings. The highest BCUT2D eigenvalue weighted by Crippen LogP contribution is 2.35. The van der Waals surface area contributed by atoms with Gasteiger partial charge < -0.3 is 15.3 Å². The molecule has 2 aliphatic carbocycles. The highest BCUT2D eigenvalue weighted by molar-refractivity contribution is 5.80. The lowest BCUT2D eigenvalue weighted by atomic mass is 9.75. The number of carbonyl (C=O) groups excluding carboxylic acids is 1. The van der Waals surface area contributed by atoms with Crippen molar-refractivity contribution in [2.45, 2.75) is 77.3 Å². The van der Waals surface area contributed by atoms with E-state index < -0.39 is 5.97 Å². The van der Waals surface area contributed by atoms with Crippen molar-refractivity contribution >= 4 is 12.0 Å². The molecule has 2 fully saturated rings. The third kappa shape index (κ3) is 4.61. The summed E-state index contributed by atoms with van der Waals surface area (Å²) in [4.78, 5) is 25.1. The smallest absolute Gasteiger partial charge is 0.323 e. The van der Waals surface area contributed by atoms with Crippen LogP contribution in [0.4, 0.5) is 4.79 Å². The standard InChI is InChI=1S/C16H28N2O3/c1-16(2)9-5-6-12(10-16)17-15(21)18(11-14(19)20)13-7-3-4-8-13/h12-13H,3-11H2,1-2H3,(H,17,21)(H,19,20). The molecule has 120 valence electrons. The quantitative estimate of drug-likeness (QED) is 0.838. The molecule has 1 unspecified atom stereocenters. The Bertz CT molecular complexity index is 389. The molecule has 21 heavy (non-hydrogen) atoms. The largest absolute Gasteiger partial charge is 0.480 e. The lowest BCUT2D eigenvalue weighted by Crippen LogP contribution is -2.51. The zero-order valence-corrected chi connectivity index (χ0v) is 13.2. The van der Waals surface area contributed by atoms with Crippen molar-refractivity contribution in [3.8, 4) is 0 Å². The van der Waals surface area contributed by atoms with Crippen LogP contribution in [0.3, 0.4) is 0 Å². The average molecular weight is 296 g/mol. The summed E-state index contributed by atoms with van der Waals surface area (Å²) in [6.07, 6.45) is 8.33. The van der Waals surface area contributed by atoms with Crippen LogP contribution in [0.2, 0.25) is 0 Å². The molecule has 0 heterocycles. The van der Waals surface area contributed by atoms with E-state index >= 15 is 0 Å². The molecule has 0 bridgehead atoms. The van der Waals surface area contributed by atoms with Gasteiger partial charge in [0.2, 0.25) is 0 Å². The third-order valence-corrected chi connectivity index (χ3v) is 4.86. The topological polar surface area (TPSA) is 69.6 Å². The van der Waals surface area contributed by atoms with Crippen LogP contribution < -0.4 is 5.32 Å². The maximum atomic E-state index is 12.5. The van der Waals surface area contributed by atoms with Gasteiger partial charge in [-0.2, -0.15) is 0 Å². The first kappa shape index (κ1) is 16.1. The van der Waals surface area contributed by atoms with Gasteiger partial charge in [0.05, 0.1) is 0 Å². The van der Waals surface area contributed by atoms with Crippen molar-refractivity contribution < 1.29 is 14.7 Å². The van der Waals surface area contributed by atoms with Crippen LogP contribution in [0, 0.1) is 5.41 Å². The average Bonchev–Trinajstić information content (AvgIpc) is 2.87. The zero-order chi connectivity index (χ0) is 15.5. The second-order valence-corrected chi connectivity index (χ2v) is 7.37. The van der Waals surface area contributed by atoms with Crippen LogP contribution in [0.15, 0.2) is 0 Å². The van der Waals surface area contributed by atoms with Crippen LogP contribution in [0.25, 0.3) is 0 Å². The van der Waals surface area contributed by atoms with Gasteiger partial charge in [0.1, 0.15) is 6.54 Å². The Labute approximate surface area is 127 Å². The lowest BCUT2D eigenvalue weighted by Gasteiger charge is -2.37. The van der Waals surface area contributed by atoms with Gasteiger partial charge in [-0.1, -0.05) is 33.1 Å². The first-order valence-corrected chi connectivity index (χ1v) is 8.16. The Kier molecular flexibility index (Phi) is 5.12. The zero-order valence-electron chi connectivity index (χ0n) is 13.2. The molecule has 1 atom stereocenters. The van der Waals surface area contributed by atoms with Crippen LogP contribution in [-0.2, 0) is 4.79 Å². The minimum absolute atomic E-state index is 0.0951. The van der Waals surface area contributed by atoms with Gasteiger partial charge in [0, 0.05) is 12.1 Å². The fraction of sp³-hybridized carbons (Fsp3) is 0.875. The third-order valence-electron chi connectivity index (χ3n) is 4.86. The summed E-state index contributed by atoms with van der Waals surface area (Å²) in [5, 5.41) is 12.1. The van der Waals surface area contributed by atoms with E-state index in [9.17, 15) is 9.59 Å². The van der Waals surface area contributed by atoms with E-state index in [1.165, 1.54) is 11.3 Å². The highest BCUT2D eigenvalue weighted by atomic mass is 16.4. The first-order chi connectivity index (χ1) is 9.87. The Morgan fingerprint density at radius 1 is 1.19 bits per heavy atom. The summed E-state index contributed by atoms with van der Waals surface area (Å²) in [6, 6.07) is 0.0867. The molecule has 2 N–H and O–H groups in total. The van der Waals surface area contributed by atoms with E-state index in [0.717, 1.165) is 44.9 Å². The second kappa shape index (κ2) is 6.67. The number of urea groups is 1. The summed E-state index contributed by atoms with van der Waals surface area (Å²) in [5.41, 5.74) is 0.265. The van der Waals surface area contributed by atoms with E-state index in [4.69, 9.17) is 5.11 Å². The van der Waals surface area contributed by atoms with Crippen LogP contribution >= 0.6 is 0 Å². The van der Waals surface area contributed by atoms with Gasteiger partial charge in [-0.3, -0.25) is 4.79 Å². The maximum Gasteiger partial charge on any atom is 0.323 e. The van der Waals surface area contributed by atoms with Gasteiger partial charge in [0.15, 0.2) is 0 Å². The number of hydrogen-bond donors (Lipinski definition) is 2. The number of carboxylic acids is 1. The van der Waals surface area contributed by atoms with Crippen LogP contribution in [0.1, 0.15) is 65.2 Å². The van der Waals surface area contributed by atoms with Crippen molar-refractivity contribution in [2.75, 3.05) is 6.54 Å². The number of carboxylic acid groups (broad SMARTS) is 1. The first-order valence-electron chi connectivity index (χ1n) is 8.16. The number of nitrogens with zero attached hydrogens (tertiary/aromatic N) is 1. The Hall–Kier alpha value is -1.26. The minimum atomic E-state index is -0.930. The Balaban J connectivity index is 1.95. The van der Waals surface area contributed by atoms with E-state index in [1.54, 1.807) is 0 Å². The van der Waals surface area contributed by atoms with E-state index in [-0.39, 0.29) is 30.1 Å². The molecule has 0 spiro atoms. The van der Waals surface area contributed by atoms with Crippen molar-refractivity contribution in [1.29, 1.82) is 0 Å². The maximum absolute atomic E-state index is 12.5. The predicted octanol–water partition coefficient (Wildman–Crippen LogP) is 2.99. The number of nitrogens with one attached hydrogen (secondary N) is 1. The molecule has 0 aromatic heterocycles. The molecule has 0 aliphatic heterocycles. The molecule has 5 nitrogen and oxygen atoms in total. The Morgan fingerprint density at radius 3 is 2.43 bits per heavy atom. The molecular weight excluding hydrogens is 268 g/mol. The monoisotopic (exact) mass is 296 g/mol. The molecule has 2 saturated carbocycles. The van der Waals surface area contributed by atoms with E-state index in [0.29, 0.717) is 0 Å². The van der Waals surface area contributed by atoms with Crippen molar-refractivity contribution in [2.24, 2.45) is 5.41 Å². The number of aliphatic carboxylic acids is 1. The number of carbonyl (C=O) groups is 2. The van der Waals surface area contributed by atoms with Crippen LogP contribution in [0.5, 0.6) is 0 Å². The Morgan fingerprint density at radius 2 is 1.86 bits per heavy atom. The molecule has 0 saturated heterocycles. The SMILES string of the molecule is CC1(C)CCCC(NC(=O)N(CC(=O)O)C2CCCC2)C1. The molecule has 2 amide bonds.